The van der Waals surface area contributed by atoms with Crippen LogP contribution in [0.1, 0.15) is 11.3 Å². The highest BCUT2D eigenvalue weighted by Gasteiger charge is 2.17. The molecule has 0 bridgehead atoms. The first-order valence-corrected chi connectivity index (χ1v) is 7.10. The fourth-order valence-electron chi connectivity index (χ4n) is 2.40. The molecule has 0 aliphatic rings. The lowest BCUT2D eigenvalue weighted by molar-refractivity contribution is 0.414. The zero-order chi connectivity index (χ0) is 15.7. The summed E-state index contributed by atoms with van der Waals surface area (Å²) in [5, 5.41) is 14.9. The molecule has 2 aromatic carbocycles. The standard InChI is InChI=1S/C18H18N2O2/c1-12-4-6-14(7-5-12)17-18(21)13(2)19-20(17)15-8-10-16(22-3)11-9-15/h4-11,21H,1-3H3. The average Bonchev–Trinajstić information content (AvgIpc) is 2.84. The van der Waals surface area contributed by atoms with E-state index in [9.17, 15) is 5.11 Å². The van der Waals surface area contributed by atoms with Crippen molar-refractivity contribution in [2.45, 2.75) is 13.8 Å². The predicted molar refractivity (Wildman–Crippen MR) is 86.7 cm³/mol. The molecule has 0 aliphatic carbocycles. The Morgan fingerprint density at radius 1 is 0.955 bits per heavy atom. The second kappa shape index (κ2) is 5.56. The summed E-state index contributed by atoms with van der Waals surface area (Å²) in [5.41, 5.74) is 4.28. The second-order valence-corrected chi connectivity index (χ2v) is 5.26. The molecule has 0 saturated heterocycles. The largest absolute Gasteiger partial charge is 0.504 e. The maximum absolute atomic E-state index is 10.4. The Bertz CT molecular complexity index is 787. The van der Waals surface area contributed by atoms with Gasteiger partial charge in [-0.05, 0) is 38.1 Å². The second-order valence-electron chi connectivity index (χ2n) is 5.26. The van der Waals surface area contributed by atoms with E-state index in [4.69, 9.17) is 4.74 Å². The molecule has 4 nitrogen and oxygen atoms in total. The molecule has 1 N–H and O–H groups in total. The monoisotopic (exact) mass is 294 g/mol. The summed E-state index contributed by atoms with van der Waals surface area (Å²) in [5.74, 6) is 0.994. The number of hydrogen-bond acceptors (Lipinski definition) is 3. The van der Waals surface area contributed by atoms with Gasteiger partial charge in [0.05, 0.1) is 12.8 Å². The number of ether oxygens (including phenoxy) is 1. The van der Waals surface area contributed by atoms with Crippen molar-refractivity contribution < 1.29 is 9.84 Å². The van der Waals surface area contributed by atoms with E-state index in [1.54, 1.807) is 18.7 Å². The van der Waals surface area contributed by atoms with Crippen molar-refractivity contribution in [3.63, 3.8) is 0 Å². The highest BCUT2D eigenvalue weighted by atomic mass is 16.5. The van der Waals surface area contributed by atoms with Crippen LogP contribution in [0.5, 0.6) is 11.5 Å². The average molecular weight is 294 g/mol. The molecule has 0 radical (unpaired) electrons. The Kier molecular flexibility index (Phi) is 3.59. The van der Waals surface area contributed by atoms with Crippen LogP contribution >= 0.6 is 0 Å². The molecule has 0 unspecified atom stereocenters. The molecule has 1 aromatic heterocycles. The maximum Gasteiger partial charge on any atom is 0.165 e. The summed E-state index contributed by atoms with van der Waals surface area (Å²) in [7, 11) is 1.64. The van der Waals surface area contributed by atoms with Crippen molar-refractivity contribution >= 4 is 0 Å². The minimum atomic E-state index is 0.208. The Morgan fingerprint density at radius 2 is 1.59 bits per heavy atom. The fraction of sp³-hybridized carbons (Fsp3) is 0.167. The summed E-state index contributed by atoms with van der Waals surface area (Å²) < 4.78 is 6.94. The first-order valence-electron chi connectivity index (χ1n) is 7.10. The van der Waals surface area contributed by atoms with Gasteiger partial charge in [-0.15, -0.1) is 0 Å². The molecule has 1 heterocycles. The van der Waals surface area contributed by atoms with Gasteiger partial charge >= 0.3 is 0 Å². The summed E-state index contributed by atoms with van der Waals surface area (Å²) in [6.45, 7) is 3.84. The quantitative estimate of drug-likeness (QED) is 0.797. The first kappa shape index (κ1) is 14.2. The molecule has 22 heavy (non-hydrogen) atoms. The number of methoxy groups -OCH3 is 1. The zero-order valence-electron chi connectivity index (χ0n) is 12.9. The number of hydrogen-bond donors (Lipinski definition) is 1. The van der Waals surface area contributed by atoms with E-state index in [-0.39, 0.29) is 5.75 Å². The van der Waals surface area contributed by atoms with Crippen LogP contribution in [0.25, 0.3) is 16.9 Å². The number of rotatable bonds is 3. The molecular formula is C18H18N2O2. The van der Waals surface area contributed by atoms with Crippen LogP contribution in [0.3, 0.4) is 0 Å². The highest BCUT2D eigenvalue weighted by molar-refractivity contribution is 5.70. The van der Waals surface area contributed by atoms with Crippen LogP contribution in [0.2, 0.25) is 0 Å². The molecule has 0 aliphatic heterocycles. The number of nitrogens with zero attached hydrogens (tertiary/aromatic N) is 2. The predicted octanol–water partition coefficient (Wildman–Crippen LogP) is 3.87. The first-order chi connectivity index (χ1) is 10.6. The van der Waals surface area contributed by atoms with Gasteiger partial charge in [-0.25, -0.2) is 4.68 Å². The van der Waals surface area contributed by atoms with Crippen molar-refractivity contribution in [1.29, 1.82) is 0 Å². The molecule has 0 spiro atoms. The third-order valence-electron chi connectivity index (χ3n) is 3.67. The SMILES string of the molecule is COc1ccc(-n2nc(C)c(O)c2-c2ccc(C)cc2)cc1. The molecular weight excluding hydrogens is 276 g/mol. The lowest BCUT2D eigenvalue weighted by Gasteiger charge is -2.09. The molecule has 0 saturated carbocycles. The highest BCUT2D eigenvalue weighted by Crippen LogP contribution is 2.34. The summed E-state index contributed by atoms with van der Waals surface area (Å²) in [4.78, 5) is 0. The smallest absolute Gasteiger partial charge is 0.165 e. The number of aromatic nitrogens is 2. The number of aromatic hydroxyl groups is 1. The summed E-state index contributed by atoms with van der Waals surface area (Å²) >= 11 is 0. The van der Waals surface area contributed by atoms with Crippen molar-refractivity contribution in [2.75, 3.05) is 7.11 Å². The van der Waals surface area contributed by atoms with Crippen molar-refractivity contribution in [3.8, 4) is 28.4 Å². The van der Waals surface area contributed by atoms with Gasteiger partial charge in [-0.3, -0.25) is 0 Å². The van der Waals surface area contributed by atoms with Crippen molar-refractivity contribution in [3.05, 3.63) is 59.8 Å². The van der Waals surface area contributed by atoms with Crippen LogP contribution in [-0.2, 0) is 0 Å². The van der Waals surface area contributed by atoms with Crippen molar-refractivity contribution in [1.82, 2.24) is 9.78 Å². The van der Waals surface area contributed by atoms with E-state index in [0.717, 1.165) is 17.0 Å². The lowest BCUT2D eigenvalue weighted by Crippen LogP contribution is -1.99. The molecule has 0 atom stereocenters. The van der Waals surface area contributed by atoms with Gasteiger partial charge in [0.2, 0.25) is 0 Å². The molecule has 0 amide bonds. The van der Waals surface area contributed by atoms with Gasteiger partial charge in [-0.2, -0.15) is 5.10 Å². The van der Waals surface area contributed by atoms with Gasteiger partial charge in [0.25, 0.3) is 0 Å². The van der Waals surface area contributed by atoms with E-state index in [1.807, 2.05) is 55.5 Å². The van der Waals surface area contributed by atoms with E-state index in [1.165, 1.54) is 5.56 Å². The summed E-state index contributed by atoms with van der Waals surface area (Å²) in [6.07, 6.45) is 0. The Morgan fingerprint density at radius 3 is 2.18 bits per heavy atom. The van der Waals surface area contributed by atoms with Crippen LogP contribution in [0.4, 0.5) is 0 Å². The van der Waals surface area contributed by atoms with E-state index < -0.39 is 0 Å². The minimum Gasteiger partial charge on any atom is -0.504 e. The van der Waals surface area contributed by atoms with Crippen LogP contribution in [-0.4, -0.2) is 22.0 Å². The van der Waals surface area contributed by atoms with Crippen LogP contribution in [0.15, 0.2) is 48.5 Å². The van der Waals surface area contributed by atoms with Gasteiger partial charge in [0.15, 0.2) is 5.75 Å². The van der Waals surface area contributed by atoms with Crippen molar-refractivity contribution in [2.24, 2.45) is 0 Å². The maximum atomic E-state index is 10.4. The molecule has 112 valence electrons. The van der Waals surface area contributed by atoms with Gasteiger partial charge in [0.1, 0.15) is 17.1 Å². The number of benzene rings is 2. The van der Waals surface area contributed by atoms with Gasteiger partial charge in [-0.1, -0.05) is 29.8 Å². The van der Waals surface area contributed by atoms with E-state index in [0.29, 0.717) is 11.4 Å². The molecule has 3 rings (SSSR count). The topological polar surface area (TPSA) is 47.3 Å². The molecule has 4 heteroatoms. The third-order valence-corrected chi connectivity index (χ3v) is 3.67. The third kappa shape index (κ3) is 2.44. The molecule has 0 fully saturated rings. The summed E-state index contributed by atoms with van der Waals surface area (Å²) in [6, 6.07) is 15.6. The van der Waals surface area contributed by atoms with E-state index >= 15 is 0 Å². The van der Waals surface area contributed by atoms with Crippen LogP contribution < -0.4 is 4.74 Å². The molecule has 3 aromatic rings. The number of aryl methyl sites for hydroxylation is 2. The lowest BCUT2D eigenvalue weighted by atomic mass is 10.1. The Hall–Kier alpha value is -2.75. The van der Waals surface area contributed by atoms with E-state index in [2.05, 4.69) is 5.10 Å². The zero-order valence-corrected chi connectivity index (χ0v) is 12.9. The normalized spacial score (nSPS) is 10.7. The minimum absolute atomic E-state index is 0.208. The van der Waals surface area contributed by atoms with Crippen LogP contribution in [0, 0.1) is 13.8 Å². The Labute approximate surface area is 129 Å². The fourth-order valence-corrected chi connectivity index (χ4v) is 2.40. The van der Waals surface area contributed by atoms with Gasteiger partial charge < -0.3 is 9.84 Å². The van der Waals surface area contributed by atoms with Gasteiger partial charge in [0, 0.05) is 5.56 Å². The Balaban J connectivity index is 2.15.